The predicted octanol–water partition coefficient (Wildman–Crippen LogP) is 0.763. The van der Waals surface area contributed by atoms with Crippen LogP contribution in [0.15, 0.2) is 41.2 Å². The Hall–Kier alpha value is -2.04. The van der Waals surface area contributed by atoms with Crippen LogP contribution in [-0.4, -0.2) is 18.1 Å². The fourth-order valence-electron chi connectivity index (χ4n) is 0.843. The molecule has 0 radical (unpaired) electrons. The summed E-state index contributed by atoms with van der Waals surface area (Å²) in [6, 6.07) is 5.34. The lowest BCUT2D eigenvalue weighted by atomic mass is 10.3. The second-order valence-electron chi connectivity index (χ2n) is 2.69. The van der Waals surface area contributed by atoms with Gasteiger partial charge in [-0.05, 0) is 24.1 Å². The van der Waals surface area contributed by atoms with Crippen molar-refractivity contribution in [2.24, 2.45) is 0 Å². The first kappa shape index (κ1) is 13.0. The first-order valence-corrected chi connectivity index (χ1v) is 5.35. The average molecular weight is 250 g/mol. The van der Waals surface area contributed by atoms with E-state index in [0.717, 1.165) is 4.90 Å². The zero-order valence-corrected chi connectivity index (χ0v) is 9.82. The van der Waals surface area contributed by atoms with E-state index in [1.807, 2.05) is 12.1 Å². The molecule has 1 aromatic heterocycles. The fourth-order valence-corrected chi connectivity index (χ4v) is 1.34. The zero-order chi connectivity index (χ0) is 12.5. The SMILES string of the molecule is COC(=O)C(C#N)=CNNSc1ccncc1. The van der Waals surface area contributed by atoms with Crippen LogP contribution in [0.3, 0.4) is 0 Å². The Morgan fingerprint density at radius 1 is 1.59 bits per heavy atom. The van der Waals surface area contributed by atoms with Gasteiger partial charge in [-0.1, -0.05) is 0 Å². The third kappa shape index (κ3) is 4.55. The minimum Gasteiger partial charge on any atom is -0.465 e. The number of hydrogen-bond acceptors (Lipinski definition) is 7. The van der Waals surface area contributed by atoms with E-state index in [0.29, 0.717) is 0 Å². The van der Waals surface area contributed by atoms with Crippen LogP contribution in [0.5, 0.6) is 0 Å². The maximum Gasteiger partial charge on any atom is 0.350 e. The van der Waals surface area contributed by atoms with Gasteiger partial charge in [0.1, 0.15) is 6.07 Å². The van der Waals surface area contributed by atoms with Crippen molar-refractivity contribution < 1.29 is 9.53 Å². The summed E-state index contributed by atoms with van der Waals surface area (Å²) < 4.78 is 4.41. The molecule has 0 saturated heterocycles. The molecule has 0 spiro atoms. The molecule has 0 unspecified atom stereocenters. The summed E-state index contributed by atoms with van der Waals surface area (Å²) in [6.45, 7) is 0. The van der Waals surface area contributed by atoms with Gasteiger partial charge in [-0.3, -0.25) is 4.98 Å². The number of carbonyl (C=O) groups is 1. The third-order valence-electron chi connectivity index (χ3n) is 1.62. The molecular weight excluding hydrogens is 240 g/mol. The Morgan fingerprint density at radius 3 is 2.88 bits per heavy atom. The van der Waals surface area contributed by atoms with Gasteiger partial charge in [0.2, 0.25) is 0 Å². The fraction of sp³-hybridized carbons (Fsp3) is 0.100. The first-order valence-electron chi connectivity index (χ1n) is 4.54. The number of nitrogens with zero attached hydrogens (tertiary/aromatic N) is 2. The van der Waals surface area contributed by atoms with Crippen molar-refractivity contribution >= 4 is 17.9 Å². The third-order valence-corrected chi connectivity index (χ3v) is 2.35. The molecule has 0 saturated carbocycles. The van der Waals surface area contributed by atoms with E-state index in [-0.39, 0.29) is 5.57 Å². The van der Waals surface area contributed by atoms with Crippen LogP contribution in [0.4, 0.5) is 0 Å². The summed E-state index contributed by atoms with van der Waals surface area (Å²) in [5.41, 5.74) is 2.49. The number of pyridine rings is 1. The predicted molar refractivity (Wildman–Crippen MR) is 62.1 cm³/mol. The van der Waals surface area contributed by atoms with Gasteiger partial charge in [0, 0.05) is 23.5 Å². The van der Waals surface area contributed by atoms with E-state index in [4.69, 9.17) is 5.26 Å². The average Bonchev–Trinajstić information content (AvgIpc) is 2.39. The minimum absolute atomic E-state index is 0.115. The van der Waals surface area contributed by atoms with Crippen molar-refractivity contribution in [3.05, 3.63) is 36.3 Å². The lowest BCUT2D eigenvalue weighted by Crippen LogP contribution is -2.20. The summed E-state index contributed by atoms with van der Waals surface area (Å²) >= 11 is 1.28. The summed E-state index contributed by atoms with van der Waals surface area (Å²) in [4.78, 5) is 18.6. The maximum atomic E-state index is 11.0. The Bertz CT molecular complexity index is 441. The number of hydrazine groups is 1. The number of methoxy groups -OCH3 is 1. The van der Waals surface area contributed by atoms with Crippen LogP contribution in [0.2, 0.25) is 0 Å². The first-order chi connectivity index (χ1) is 8.27. The van der Waals surface area contributed by atoms with Gasteiger partial charge in [-0.15, -0.1) is 0 Å². The molecule has 0 amide bonds. The highest BCUT2D eigenvalue weighted by molar-refractivity contribution is 7.97. The van der Waals surface area contributed by atoms with E-state index < -0.39 is 5.97 Å². The normalized spacial score (nSPS) is 10.5. The molecule has 1 rings (SSSR count). The smallest absolute Gasteiger partial charge is 0.350 e. The molecule has 0 atom stereocenters. The van der Waals surface area contributed by atoms with Gasteiger partial charge in [0.25, 0.3) is 0 Å². The van der Waals surface area contributed by atoms with Gasteiger partial charge < -0.3 is 10.2 Å². The number of nitriles is 1. The Labute approximate surface area is 103 Å². The van der Waals surface area contributed by atoms with Crippen LogP contribution in [0.1, 0.15) is 0 Å². The molecule has 0 aliphatic carbocycles. The number of hydrogen-bond donors (Lipinski definition) is 2. The molecule has 6 nitrogen and oxygen atoms in total. The van der Waals surface area contributed by atoms with E-state index in [1.165, 1.54) is 25.3 Å². The lowest BCUT2D eigenvalue weighted by Gasteiger charge is -2.03. The van der Waals surface area contributed by atoms with Crippen LogP contribution in [-0.2, 0) is 9.53 Å². The van der Waals surface area contributed by atoms with Gasteiger partial charge in [-0.25, -0.2) is 4.79 Å². The van der Waals surface area contributed by atoms with E-state index in [9.17, 15) is 4.79 Å². The Balaban J connectivity index is 2.39. The number of aromatic nitrogens is 1. The molecule has 0 aliphatic rings. The molecule has 1 heterocycles. The van der Waals surface area contributed by atoms with E-state index in [2.05, 4.69) is 20.0 Å². The number of ether oxygens (including phenoxy) is 1. The summed E-state index contributed by atoms with van der Waals surface area (Å²) in [7, 11) is 1.21. The molecule has 7 heteroatoms. The molecule has 88 valence electrons. The van der Waals surface area contributed by atoms with Crippen molar-refractivity contribution in [2.75, 3.05) is 7.11 Å². The number of carbonyl (C=O) groups excluding carboxylic acids is 1. The van der Waals surface area contributed by atoms with Crippen molar-refractivity contribution in [2.45, 2.75) is 4.90 Å². The van der Waals surface area contributed by atoms with Crippen LogP contribution in [0.25, 0.3) is 0 Å². The van der Waals surface area contributed by atoms with Gasteiger partial charge >= 0.3 is 5.97 Å². The molecular formula is C10H10N4O2S. The standard InChI is InChI=1S/C10H10N4O2S/c1-16-10(15)8(6-11)7-13-14-17-9-2-4-12-5-3-9/h2-5,7,13-14H,1H3. The Kier molecular flexibility index (Phi) is 5.57. The lowest BCUT2D eigenvalue weighted by molar-refractivity contribution is -0.135. The van der Waals surface area contributed by atoms with Crippen LogP contribution in [0, 0.1) is 11.3 Å². The highest BCUT2D eigenvalue weighted by atomic mass is 32.2. The number of nitrogens with one attached hydrogen (secondary N) is 2. The number of esters is 1. The van der Waals surface area contributed by atoms with Crippen LogP contribution >= 0.6 is 11.9 Å². The molecule has 0 bridgehead atoms. The van der Waals surface area contributed by atoms with Crippen molar-refractivity contribution in [3.63, 3.8) is 0 Å². The van der Waals surface area contributed by atoms with Crippen molar-refractivity contribution in [1.29, 1.82) is 5.26 Å². The summed E-state index contributed by atoms with van der Waals surface area (Å²) in [6.07, 6.45) is 4.56. The Morgan fingerprint density at radius 2 is 2.29 bits per heavy atom. The molecule has 0 fully saturated rings. The van der Waals surface area contributed by atoms with Crippen molar-refractivity contribution in [1.82, 2.24) is 15.2 Å². The van der Waals surface area contributed by atoms with Crippen molar-refractivity contribution in [3.8, 4) is 6.07 Å². The van der Waals surface area contributed by atoms with Gasteiger partial charge in [0.15, 0.2) is 5.57 Å². The van der Waals surface area contributed by atoms with Crippen LogP contribution < -0.4 is 10.3 Å². The van der Waals surface area contributed by atoms with E-state index in [1.54, 1.807) is 18.5 Å². The second-order valence-corrected chi connectivity index (χ2v) is 3.57. The van der Waals surface area contributed by atoms with E-state index >= 15 is 0 Å². The quantitative estimate of drug-likeness (QED) is 0.199. The van der Waals surface area contributed by atoms with Gasteiger partial charge in [0.05, 0.1) is 7.11 Å². The largest absolute Gasteiger partial charge is 0.465 e. The monoisotopic (exact) mass is 250 g/mol. The highest BCUT2D eigenvalue weighted by Gasteiger charge is 2.07. The number of rotatable bonds is 5. The molecule has 1 aromatic rings. The maximum absolute atomic E-state index is 11.0. The minimum atomic E-state index is -0.685. The molecule has 0 aromatic carbocycles. The van der Waals surface area contributed by atoms with Gasteiger partial charge in [-0.2, -0.15) is 10.1 Å². The summed E-state index contributed by atoms with van der Waals surface area (Å²) in [5, 5.41) is 8.64. The second kappa shape index (κ2) is 7.27. The zero-order valence-electron chi connectivity index (χ0n) is 9.01. The summed E-state index contributed by atoms with van der Waals surface area (Å²) in [5.74, 6) is -0.685. The topological polar surface area (TPSA) is 87.0 Å². The molecule has 0 aliphatic heterocycles. The highest BCUT2D eigenvalue weighted by Crippen LogP contribution is 2.10. The molecule has 2 N–H and O–H groups in total. The molecule has 17 heavy (non-hydrogen) atoms.